The first kappa shape index (κ1) is 18.5. The van der Waals surface area contributed by atoms with Crippen molar-refractivity contribution in [3.8, 4) is 0 Å². The monoisotopic (exact) mass is 357 g/mol. The summed E-state index contributed by atoms with van der Waals surface area (Å²) in [6.07, 6.45) is 7.00. The number of benzene rings is 1. The average molecular weight is 357 g/mol. The molecule has 0 saturated heterocycles. The fourth-order valence-electron chi connectivity index (χ4n) is 3.65. The molecular formula is C21H24FNO3. The third-order valence-corrected chi connectivity index (χ3v) is 4.92. The Morgan fingerprint density at radius 1 is 1.35 bits per heavy atom. The summed E-state index contributed by atoms with van der Waals surface area (Å²) in [5, 5.41) is 0.868. The third kappa shape index (κ3) is 4.10. The maximum absolute atomic E-state index is 14.4. The van der Waals surface area contributed by atoms with Gasteiger partial charge in [0.1, 0.15) is 5.82 Å². The highest BCUT2D eigenvalue weighted by Crippen LogP contribution is 2.38. The van der Waals surface area contributed by atoms with Crippen LogP contribution in [0.15, 0.2) is 36.0 Å². The number of methoxy groups -OCH3 is 1. The van der Waals surface area contributed by atoms with Crippen molar-refractivity contribution < 1.29 is 18.7 Å². The van der Waals surface area contributed by atoms with Crippen molar-refractivity contribution in [3.63, 3.8) is 0 Å². The zero-order valence-corrected chi connectivity index (χ0v) is 15.3. The van der Waals surface area contributed by atoms with Gasteiger partial charge in [-0.2, -0.15) is 0 Å². The Labute approximate surface area is 153 Å². The van der Waals surface area contributed by atoms with E-state index in [1.54, 1.807) is 38.4 Å². The Morgan fingerprint density at radius 2 is 2.12 bits per heavy atom. The van der Waals surface area contributed by atoms with Gasteiger partial charge in [0.2, 0.25) is 0 Å². The van der Waals surface area contributed by atoms with Crippen LogP contribution in [-0.2, 0) is 20.9 Å². The van der Waals surface area contributed by atoms with Crippen molar-refractivity contribution in [1.29, 1.82) is 0 Å². The molecule has 3 rings (SSSR count). The van der Waals surface area contributed by atoms with E-state index < -0.39 is 0 Å². The van der Waals surface area contributed by atoms with Gasteiger partial charge in [0, 0.05) is 30.3 Å². The fourth-order valence-corrected chi connectivity index (χ4v) is 3.65. The molecule has 0 bridgehead atoms. The molecule has 1 saturated carbocycles. The smallest absolute Gasteiger partial charge is 0.330 e. The van der Waals surface area contributed by atoms with Crippen molar-refractivity contribution in [2.24, 2.45) is 0 Å². The Hall–Kier alpha value is -2.27. The summed E-state index contributed by atoms with van der Waals surface area (Å²) in [6, 6.07) is 5.34. The summed E-state index contributed by atoms with van der Waals surface area (Å²) in [7, 11) is 1.55. The molecule has 0 N–H and O–H groups in total. The lowest BCUT2D eigenvalue weighted by Gasteiger charge is -2.25. The third-order valence-electron chi connectivity index (χ3n) is 4.92. The van der Waals surface area contributed by atoms with Crippen molar-refractivity contribution in [1.82, 2.24) is 4.98 Å². The topological polar surface area (TPSA) is 48.4 Å². The summed E-state index contributed by atoms with van der Waals surface area (Å²) >= 11 is 0. The summed E-state index contributed by atoms with van der Waals surface area (Å²) in [5.41, 5.74) is 3.58. The largest absolute Gasteiger partial charge is 0.463 e. The Morgan fingerprint density at radius 3 is 2.81 bits per heavy atom. The maximum Gasteiger partial charge on any atom is 0.330 e. The van der Waals surface area contributed by atoms with E-state index in [2.05, 4.69) is 4.98 Å². The lowest BCUT2D eigenvalue weighted by Crippen LogP contribution is -2.10. The van der Waals surface area contributed by atoms with Crippen LogP contribution >= 0.6 is 0 Å². The van der Waals surface area contributed by atoms with Gasteiger partial charge in [-0.1, -0.05) is 5.57 Å². The lowest BCUT2D eigenvalue weighted by atomic mass is 9.80. The van der Waals surface area contributed by atoms with E-state index in [1.807, 2.05) is 6.07 Å². The molecule has 1 aromatic carbocycles. The average Bonchev–Trinajstić information content (AvgIpc) is 2.63. The number of hydrogen-bond donors (Lipinski definition) is 0. The van der Waals surface area contributed by atoms with Crippen molar-refractivity contribution in [2.75, 3.05) is 13.7 Å². The van der Waals surface area contributed by atoms with Gasteiger partial charge >= 0.3 is 5.97 Å². The van der Waals surface area contributed by atoms with Crippen molar-refractivity contribution in [3.05, 3.63) is 53.0 Å². The van der Waals surface area contributed by atoms with Crippen LogP contribution < -0.4 is 0 Å². The van der Waals surface area contributed by atoms with E-state index >= 15 is 0 Å². The minimum Gasteiger partial charge on any atom is -0.463 e. The van der Waals surface area contributed by atoms with Crippen LogP contribution in [0.5, 0.6) is 0 Å². The Bertz CT molecular complexity index is 821. The summed E-state index contributed by atoms with van der Waals surface area (Å²) in [6.45, 7) is 2.43. The van der Waals surface area contributed by atoms with Crippen LogP contribution in [0.1, 0.15) is 49.7 Å². The molecule has 1 aliphatic rings. The number of carbonyl (C=O) groups is 1. The normalized spacial score (nSPS) is 17.3. The van der Waals surface area contributed by atoms with Gasteiger partial charge in [-0.15, -0.1) is 0 Å². The van der Waals surface area contributed by atoms with Crippen LogP contribution in [0.4, 0.5) is 4.39 Å². The molecule has 1 fully saturated rings. The van der Waals surface area contributed by atoms with E-state index in [1.165, 1.54) is 0 Å². The molecule has 5 heteroatoms. The quantitative estimate of drug-likeness (QED) is 0.576. The Balaban J connectivity index is 1.81. The highest BCUT2D eigenvalue weighted by atomic mass is 19.1. The number of nitrogens with zero attached hydrogens (tertiary/aromatic N) is 1. The minimum atomic E-state index is -0.261. The molecule has 138 valence electrons. The van der Waals surface area contributed by atoms with Gasteiger partial charge in [0.05, 0.1) is 18.7 Å². The number of esters is 1. The van der Waals surface area contributed by atoms with Crippen LogP contribution in [0.2, 0.25) is 0 Å². The number of allylic oxidation sites excluding steroid dienone is 1. The van der Waals surface area contributed by atoms with E-state index in [0.29, 0.717) is 18.1 Å². The van der Waals surface area contributed by atoms with Gasteiger partial charge in [-0.3, -0.25) is 4.98 Å². The fraction of sp³-hybridized carbons (Fsp3) is 0.429. The molecule has 0 aliphatic heterocycles. The summed E-state index contributed by atoms with van der Waals surface area (Å²) < 4.78 is 24.4. The zero-order valence-electron chi connectivity index (χ0n) is 15.3. The zero-order chi connectivity index (χ0) is 18.5. The predicted molar refractivity (Wildman–Crippen MR) is 98.3 cm³/mol. The molecule has 0 unspecified atom stereocenters. The van der Waals surface area contributed by atoms with Crippen LogP contribution in [-0.4, -0.2) is 24.7 Å². The SMILES string of the molecule is CCOC(=O)C=C1CCC(c2ccnc3cc(COC)c(F)cc23)CC1. The van der Waals surface area contributed by atoms with Gasteiger partial charge in [-0.05, 0) is 62.3 Å². The summed E-state index contributed by atoms with van der Waals surface area (Å²) in [4.78, 5) is 16.0. The summed E-state index contributed by atoms with van der Waals surface area (Å²) in [5.74, 6) is -0.178. The standard InChI is InChI=1S/C21H24FNO3/c1-3-26-21(24)10-14-4-6-15(7-5-14)17-8-9-23-20-11-16(13-25-2)19(22)12-18(17)20/h8-12,15H,3-7,13H2,1-2H3. The number of aromatic nitrogens is 1. The number of rotatable bonds is 5. The number of hydrogen-bond acceptors (Lipinski definition) is 4. The van der Waals surface area contributed by atoms with Gasteiger partial charge < -0.3 is 9.47 Å². The predicted octanol–water partition coefficient (Wildman–Crippen LogP) is 4.67. The van der Waals surface area contributed by atoms with E-state index in [-0.39, 0.29) is 18.4 Å². The van der Waals surface area contributed by atoms with Crippen LogP contribution in [0.3, 0.4) is 0 Å². The Kier molecular flexibility index (Phi) is 5.99. The van der Waals surface area contributed by atoms with Crippen LogP contribution in [0, 0.1) is 5.82 Å². The second-order valence-corrected chi connectivity index (χ2v) is 6.62. The number of halogens is 1. The molecule has 1 aliphatic carbocycles. The number of fused-ring (bicyclic) bond motifs is 1. The van der Waals surface area contributed by atoms with Gasteiger partial charge in [-0.25, -0.2) is 9.18 Å². The molecule has 0 amide bonds. The first-order valence-electron chi connectivity index (χ1n) is 9.04. The van der Waals surface area contributed by atoms with E-state index in [0.717, 1.165) is 47.7 Å². The molecule has 0 spiro atoms. The second kappa shape index (κ2) is 8.41. The van der Waals surface area contributed by atoms with E-state index in [4.69, 9.17) is 9.47 Å². The van der Waals surface area contributed by atoms with Gasteiger partial charge in [0.15, 0.2) is 0 Å². The molecular weight excluding hydrogens is 333 g/mol. The molecule has 1 aromatic heterocycles. The van der Waals surface area contributed by atoms with Gasteiger partial charge in [0.25, 0.3) is 0 Å². The molecule has 26 heavy (non-hydrogen) atoms. The number of carbonyl (C=O) groups excluding carboxylic acids is 1. The van der Waals surface area contributed by atoms with Crippen molar-refractivity contribution in [2.45, 2.75) is 45.1 Å². The second-order valence-electron chi connectivity index (χ2n) is 6.62. The molecule has 2 aromatic rings. The van der Waals surface area contributed by atoms with E-state index in [9.17, 15) is 9.18 Å². The van der Waals surface area contributed by atoms with Crippen LogP contribution in [0.25, 0.3) is 10.9 Å². The number of pyridine rings is 1. The highest BCUT2D eigenvalue weighted by molar-refractivity contribution is 5.84. The molecule has 0 atom stereocenters. The highest BCUT2D eigenvalue weighted by Gasteiger charge is 2.21. The lowest BCUT2D eigenvalue weighted by molar-refractivity contribution is -0.137. The maximum atomic E-state index is 14.4. The van der Waals surface area contributed by atoms with Crippen molar-refractivity contribution >= 4 is 16.9 Å². The first-order valence-corrected chi connectivity index (χ1v) is 9.04. The molecule has 4 nitrogen and oxygen atoms in total. The molecule has 0 radical (unpaired) electrons. The number of ether oxygens (including phenoxy) is 2. The molecule has 1 heterocycles. The minimum absolute atomic E-state index is 0.235. The first-order chi connectivity index (χ1) is 12.6.